The highest BCUT2D eigenvalue weighted by Gasteiger charge is 2.34. The van der Waals surface area contributed by atoms with E-state index in [1.54, 1.807) is 31.2 Å². The van der Waals surface area contributed by atoms with Crippen molar-refractivity contribution < 1.29 is 14.7 Å². The molecule has 0 spiro atoms. The van der Waals surface area contributed by atoms with Crippen LogP contribution in [0, 0.1) is 0 Å². The molecule has 1 aromatic heterocycles. The summed E-state index contributed by atoms with van der Waals surface area (Å²) in [6.07, 6.45) is 2.23. The van der Waals surface area contributed by atoms with Crippen LogP contribution in [0.3, 0.4) is 0 Å². The molecule has 0 bridgehead atoms. The van der Waals surface area contributed by atoms with Crippen molar-refractivity contribution in [3.8, 4) is 5.88 Å². The Balaban J connectivity index is 1.34. The summed E-state index contributed by atoms with van der Waals surface area (Å²) in [4.78, 5) is 58.0. The smallest absolute Gasteiger partial charge is 0.333 e. The molecular formula is C30H35N5O5. The molecule has 2 aromatic carbocycles. The molecule has 40 heavy (non-hydrogen) atoms. The average molecular weight is 546 g/mol. The molecule has 3 aromatic rings. The van der Waals surface area contributed by atoms with Crippen molar-refractivity contribution in [2.45, 2.75) is 32.7 Å². The van der Waals surface area contributed by atoms with Gasteiger partial charge in [0.05, 0.1) is 11.1 Å². The number of rotatable bonds is 12. The zero-order chi connectivity index (χ0) is 28.8. The molecule has 1 aliphatic rings. The first-order valence-corrected chi connectivity index (χ1v) is 13.4. The Morgan fingerprint density at radius 1 is 0.825 bits per heavy atom. The molecule has 0 atom stereocenters. The number of amides is 2. The summed E-state index contributed by atoms with van der Waals surface area (Å²) in [6.45, 7) is 4.75. The van der Waals surface area contributed by atoms with E-state index in [9.17, 15) is 24.3 Å². The first-order valence-electron chi connectivity index (χ1n) is 13.4. The van der Waals surface area contributed by atoms with Crippen molar-refractivity contribution in [3.05, 3.63) is 97.7 Å². The summed E-state index contributed by atoms with van der Waals surface area (Å²) in [5.74, 6) is -0.846. The zero-order valence-electron chi connectivity index (χ0n) is 23.2. The first kappa shape index (κ1) is 28.7. The van der Waals surface area contributed by atoms with Gasteiger partial charge in [0.1, 0.15) is 5.56 Å². The van der Waals surface area contributed by atoms with Crippen molar-refractivity contribution >= 4 is 17.5 Å². The molecule has 0 radical (unpaired) electrons. The summed E-state index contributed by atoms with van der Waals surface area (Å²) in [7, 11) is 2.78. The highest BCUT2D eigenvalue weighted by atomic mass is 16.3. The van der Waals surface area contributed by atoms with Crippen LogP contribution in [0.4, 0.5) is 0 Å². The molecular weight excluding hydrogens is 510 g/mol. The van der Waals surface area contributed by atoms with Gasteiger partial charge >= 0.3 is 5.69 Å². The van der Waals surface area contributed by atoms with E-state index in [0.717, 1.165) is 41.6 Å². The highest BCUT2D eigenvalue weighted by molar-refractivity contribution is 6.21. The first-order chi connectivity index (χ1) is 19.2. The molecule has 1 N–H and O–H groups in total. The van der Waals surface area contributed by atoms with Gasteiger partial charge < -0.3 is 5.11 Å². The highest BCUT2D eigenvalue weighted by Crippen LogP contribution is 2.22. The van der Waals surface area contributed by atoms with Crippen molar-refractivity contribution in [2.24, 2.45) is 19.1 Å². The number of benzene rings is 2. The fourth-order valence-electron chi connectivity index (χ4n) is 4.93. The summed E-state index contributed by atoms with van der Waals surface area (Å²) in [5, 5.41) is 10.4. The summed E-state index contributed by atoms with van der Waals surface area (Å²) >= 11 is 0. The fourth-order valence-corrected chi connectivity index (χ4v) is 4.93. The van der Waals surface area contributed by atoms with Crippen LogP contribution in [-0.2, 0) is 20.6 Å². The van der Waals surface area contributed by atoms with Gasteiger partial charge in [-0.05, 0) is 50.4 Å². The largest absolute Gasteiger partial charge is 0.494 e. The van der Waals surface area contributed by atoms with E-state index >= 15 is 0 Å². The molecule has 0 saturated heterocycles. The molecule has 0 saturated carbocycles. The third kappa shape index (κ3) is 6.12. The second kappa shape index (κ2) is 12.7. The topological polar surface area (TPSA) is 117 Å². The molecule has 210 valence electrons. The average Bonchev–Trinajstić information content (AvgIpc) is 3.20. The number of aliphatic imine (C=N–C) groups is 1. The molecule has 0 aliphatic carbocycles. The minimum absolute atomic E-state index is 0.0268. The predicted molar refractivity (Wildman–Crippen MR) is 153 cm³/mol. The number of imide groups is 1. The SMILES string of the molecule is CC(=NCCCN(CCCCN1C(=O)c2ccccc2C1=O)Cc1ccccc1)c1c(O)n(C)c(=O)n(C)c1=O. The molecule has 2 amide bonds. The number of hydrogen-bond donors (Lipinski definition) is 1. The number of carbonyl (C=O) groups is 2. The summed E-state index contributed by atoms with van der Waals surface area (Å²) in [6, 6.07) is 17.1. The molecule has 2 heterocycles. The van der Waals surface area contributed by atoms with Gasteiger partial charge in [0.25, 0.3) is 17.4 Å². The lowest BCUT2D eigenvalue weighted by Gasteiger charge is -2.23. The van der Waals surface area contributed by atoms with Crippen LogP contribution in [0.15, 0.2) is 69.2 Å². The standard InChI is InChI=1S/C30H35N5O5/c1-21(25-28(38)32(2)30(40)33(3)29(25)39)31-16-11-18-34(20-22-12-5-4-6-13-22)17-9-10-19-35-26(36)23-14-7-8-15-24(23)27(35)37/h4-8,12-15,38H,9-11,16-20H2,1-3H3. The van der Waals surface area contributed by atoms with Crippen molar-refractivity contribution in [1.82, 2.24) is 18.9 Å². The number of aromatic hydroxyl groups is 1. The maximum absolute atomic E-state index is 12.6. The second-order valence-electron chi connectivity index (χ2n) is 10.0. The number of nitrogens with zero attached hydrogens (tertiary/aromatic N) is 5. The van der Waals surface area contributed by atoms with Crippen LogP contribution in [-0.4, -0.2) is 67.7 Å². The predicted octanol–water partition coefficient (Wildman–Crippen LogP) is 2.57. The van der Waals surface area contributed by atoms with Gasteiger partial charge in [0.2, 0.25) is 5.88 Å². The molecule has 0 fully saturated rings. The fraction of sp³-hybridized carbons (Fsp3) is 0.367. The Hall–Kier alpha value is -4.31. The van der Waals surface area contributed by atoms with E-state index in [2.05, 4.69) is 22.0 Å². The van der Waals surface area contributed by atoms with Crippen LogP contribution in [0.2, 0.25) is 0 Å². The van der Waals surface area contributed by atoms with Gasteiger partial charge in [-0.15, -0.1) is 0 Å². The minimum atomic E-state index is -0.599. The van der Waals surface area contributed by atoms with Gasteiger partial charge in [0.15, 0.2) is 0 Å². The second-order valence-corrected chi connectivity index (χ2v) is 10.0. The normalized spacial score (nSPS) is 13.4. The Labute approximate surface area is 232 Å². The van der Waals surface area contributed by atoms with Gasteiger partial charge in [-0.2, -0.15) is 0 Å². The molecule has 10 heteroatoms. The number of carbonyl (C=O) groups excluding carboxylic acids is 2. The summed E-state index contributed by atoms with van der Waals surface area (Å²) < 4.78 is 1.98. The van der Waals surface area contributed by atoms with Gasteiger partial charge in [0, 0.05) is 46.0 Å². The molecule has 0 unspecified atom stereocenters. The van der Waals surface area contributed by atoms with E-state index in [0.29, 0.717) is 36.3 Å². The lowest BCUT2D eigenvalue weighted by molar-refractivity contribution is 0.0650. The minimum Gasteiger partial charge on any atom is -0.494 e. The van der Waals surface area contributed by atoms with Crippen molar-refractivity contribution in [1.29, 1.82) is 0 Å². The number of hydrogen-bond acceptors (Lipinski definition) is 7. The van der Waals surface area contributed by atoms with Gasteiger partial charge in [-0.3, -0.25) is 38.3 Å². The number of fused-ring (bicyclic) bond motifs is 1. The van der Waals surface area contributed by atoms with Crippen LogP contribution in [0.5, 0.6) is 5.88 Å². The molecule has 4 rings (SSSR count). The number of aromatic nitrogens is 2. The van der Waals surface area contributed by atoms with Crippen LogP contribution in [0.1, 0.15) is 58.0 Å². The van der Waals surface area contributed by atoms with E-state index in [4.69, 9.17) is 0 Å². The lowest BCUT2D eigenvalue weighted by atomic mass is 10.1. The third-order valence-corrected chi connectivity index (χ3v) is 7.21. The lowest BCUT2D eigenvalue weighted by Crippen LogP contribution is -2.39. The van der Waals surface area contributed by atoms with Crippen LogP contribution < -0.4 is 11.2 Å². The van der Waals surface area contributed by atoms with E-state index in [1.165, 1.54) is 24.6 Å². The van der Waals surface area contributed by atoms with E-state index in [1.807, 2.05) is 18.2 Å². The van der Waals surface area contributed by atoms with E-state index < -0.39 is 17.1 Å². The van der Waals surface area contributed by atoms with Crippen molar-refractivity contribution in [3.63, 3.8) is 0 Å². The van der Waals surface area contributed by atoms with E-state index in [-0.39, 0.29) is 17.4 Å². The Kier molecular flexibility index (Phi) is 9.11. The van der Waals surface area contributed by atoms with Gasteiger partial charge in [-0.1, -0.05) is 42.5 Å². The Bertz CT molecular complexity index is 1510. The Morgan fingerprint density at radius 2 is 1.43 bits per heavy atom. The Morgan fingerprint density at radius 3 is 2.08 bits per heavy atom. The van der Waals surface area contributed by atoms with Crippen LogP contribution in [0.25, 0.3) is 0 Å². The van der Waals surface area contributed by atoms with Crippen LogP contribution >= 0.6 is 0 Å². The maximum atomic E-state index is 12.6. The monoisotopic (exact) mass is 545 g/mol. The zero-order valence-corrected chi connectivity index (χ0v) is 23.2. The third-order valence-electron chi connectivity index (χ3n) is 7.21. The summed E-state index contributed by atoms with van der Waals surface area (Å²) in [5.41, 5.74) is 1.35. The van der Waals surface area contributed by atoms with Crippen molar-refractivity contribution in [2.75, 3.05) is 26.2 Å². The molecule has 1 aliphatic heterocycles. The quantitative estimate of drug-likeness (QED) is 0.212. The number of unbranched alkanes of at least 4 members (excludes halogenated alkanes) is 1. The van der Waals surface area contributed by atoms with Gasteiger partial charge in [-0.25, -0.2) is 4.79 Å². The molecule has 10 nitrogen and oxygen atoms in total. The maximum Gasteiger partial charge on any atom is 0.333 e.